The van der Waals surface area contributed by atoms with Crippen LogP contribution >= 0.6 is 31.9 Å². The molecular weight excluding hydrogens is 396 g/mol. The Kier molecular flexibility index (Phi) is 3.01. The standard InChI is InChI=1S/C15H10Br2N4/c16-8-4-5-11-9(6-8)13(7-18-11)20-15-19-12-3-1-2-10(17)14(12)21-15/h1-7,18H,(H2,19,20,21). The number of aromatic nitrogens is 3. The Morgan fingerprint density at radius 3 is 2.81 bits per heavy atom. The first-order valence-electron chi connectivity index (χ1n) is 6.38. The van der Waals surface area contributed by atoms with Crippen LogP contribution in [0.3, 0.4) is 0 Å². The molecule has 2 aromatic heterocycles. The summed E-state index contributed by atoms with van der Waals surface area (Å²) in [5.74, 6) is 0.720. The van der Waals surface area contributed by atoms with Crippen molar-refractivity contribution in [3.05, 3.63) is 51.5 Å². The van der Waals surface area contributed by atoms with Gasteiger partial charge in [0.15, 0.2) is 0 Å². The Bertz CT molecular complexity index is 955. The number of benzene rings is 2. The van der Waals surface area contributed by atoms with Crippen molar-refractivity contribution >= 4 is 65.4 Å². The highest BCUT2D eigenvalue weighted by atomic mass is 79.9. The second kappa shape index (κ2) is 4.89. The molecule has 0 fully saturated rings. The predicted molar refractivity (Wildman–Crippen MR) is 93.1 cm³/mol. The van der Waals surface area contributed by atoms with Gasteiger partial charge in [-0.15, -0.1) is 0 Å². The van der Waals surface area contributed by atoms with E-state index in [1.807, 2.05) is 36.5 Å². The lowest BCUT2D eigenvalue weighted by Crippen LogP contribution is -1.90. The van der Waals surface area contributed by atoms with Gasteiger partial charge in [-0.05, 0) is 46.3 Å². The van der Waals surface area contributed by atoms with Crippen LogP contribution < -0.4 is 5.32 Å². The highest BCUT2D eigenvalue weighted by molar-refractivity contribution is 9.11. The number of para-hydroxylation sites is 1. The minimum atomic E-state index is 0.720. The summed E-state index contributed by atoms with van der Waals surface area (Å²) in [4.78, 5) is 11.1. The van der Waals surface area contributed by atoms with Crippen molar-refractivity contribution in [3.8, 4) is 0 Å². The molecule has 0 spiro atoms. The maximum Gasteiger partial charge on any atom is 0.205 e. The van der Waals surface area contributed by atoms with Gasteiger partial charge in [-0.25, -0.2) is 4.98 Å². The van der Waals surface area contributed by atoms with E-state index in [2.05, 4.69) is 58.2 Å². The quantitative estimate of drug-likeness (QED) is 0.423. The predicted octanol–water partition coefficient (Wildman–Crippen LogP) is 5.31. The van der Waals surface area contributed by atoms with Gasteiger partial charge in [0.05, 0.1) is 11.2 Å². The number of H-pyrrole nitrogens is 2. The Hall–Kier alpha value is -1.79. The summed E-state index contributed by atoms with van der Waals surface area (Å²) >= 11 is 7.02. The average Bonchev–Trinajstić information content (AvgIpc) is 3.04. The SMILES string of the molecule is Brc1ccc2[nH]cc(Nc3nc4c(Br)cccc4[nH]3)c2c1. The molecule has 0 bridgehead atoms. The summed E-state index contributed by atoms with van der Waals surface area (Å²) in [7, 11) is 0. The number of hydrogen-bond acceptors (Lipinski definition) is 2. The maximum absolute atomic E-state index is 4.58. The molecule has 0 aliphatic heterocycles. The second-order valence-corrected chi connectivity index (χ2v) is 6.51. The number of anilines is 2. The van der Waals surface area contributed by atoms with E-state index < -0.39 is 0 Å². The zero-order valence-electron chi connectivity index (χ0n) is 10.7. The molecule has 3 N–H and O–H groups in total. The van der Waals surface area contributed by atoms with Crippen molar-refractivity contribution in [2.75, 3.05) is 5.32 Å². The van der Waals surface area contributed by atoms with Gasteiger partial charge >= 0.3 is 0 Å². The first-order valence-corrected chi connectivity index (χ1v) is 7.97. The number of fused-ring (bicyclic) bond motifs is 2. The van der Waals surface area contributed by atoms with Gasteiger partial charge in [0, 0.05) is 26.0 Å². The molecule has 0 amide bonds. The molecule has 21 heavy (non-hydrogen) atoms. The van der Waals surface area contributed by atoms with Crippen LogP contribution in [-0.4, -0.2) is 15.0 Å². The van der Waals surface area contributed by atoms with E-state index in [0.29, 0.717) is 0 Å². The Balaban J connectivity index is 1.79. The molecule has 0 radical (unpaired) electrons. The minimum absolute atomic E-state index is 0.720. The summed E-state index contributed by atoms with van der Waals surface area (Å²) < 4.78 is 2.02. The maximum atomic E-state index is 4.58. The molecule has 104 valence electrons. The fourth-order valence-electron chi connectivity index (χ4n) is 2.38. The van der Waals surface area contributed by atoms with E-state index >= 15 is 0 Å². The van der Waals surface area contributed by atoms with Gasteiger partial charge in [0.2, 0.25) is 5.95 Å². The number of imidazole rings is 1. The molecule has 4 nitrogen and oxygen atoms in total. The number of hydrogen-bond donors (Lipinski definition) is 3. The number of nitrogens with zero attached hydrogens (tertiary/aromatic N) is 1. The third-order valence-corrected chi connectivity index (χ3v) is 4.49. The van der Waals surface area contributed by atoms with Crippen LogP contribution in [0.15, 0.2) is 51.5 Å². The van der Waals surface area contributed by atoms with Crippen LogP contribution in [0.2, 0.25) is 0 Å². The number of rotatable bonds is 2. The summed E-state index contributed by atoms with van der Waals surface area (Å²) in [6, 6.07) is 12.1. The molecule has 2 aromatic carbocycles. The summed E-state index contributed by atoms with van der Waals surface area (Å²) in [5, 5.41) is 4.45. The van der Waals surface area contributed by atoms with Crippen LogP contribution in [0.25, 0.3) is 21.9 Å². The van der Waals surface area contributed by atoms with Gasteiger partial charge in [-0.1, -0.05) is 22.0 Å². The number of nitrogens with one attached hydrogen (secondary N) is 3. The minimum Gasteiger partial charge on any atom is -0.359 e. The van der Waals surface area contributed by atoms with Gasteiger partial charge in [0.1, 0.15) is 5.52 Å². The van der Waals surface area contributed by atoms with Gasteiger partial charge in [-0.3, -0.25) is 0 Å². The van der Waals surface area contributed by atoms with Crippen molar-refractivity contribution in [2.45, 2.75) is 0 Å². The van der Waals surface area contributed by atoms with Gasteiger partial charge in [0.25, 0.3) is 0 Å². The highest BCUT2D eigenvalue weighted by Gasteiger charge is 2.09. The molecule has 2 heterocycles. The van der Waals surface area contributed by atoms with Crippen LogP contribution in [0.1, 0.15) is 0 Å². The third-order valence-electron chi connectivity index (χ3n) is 3.36. The molecule has 4 rings (SSSR count). The zero-order chi connectivity index (χ0) is 14.4. The van der Waals surface area contributed by atoms with Crippen molar-refractivity contribution < 1.29 is 0 Å². The normalized spacial score (nSPS) is 11.3. The van der Waals surface area contributed by atoms with Crippen molar-refractivity contribution in [2.24, 2.45) is 0 Å². The Labute approximate surface area is 137 Å². The average molecular weight is 406 g/mol. The van der Waals surface area contributed by atoms with Gasteiger partial charge < -0.3 is 15.3 Å². The van der Waals surface area contributed by atoms with E-state index in [4.69, 9.17) is 0 Å². The van der Waals surface area contributed by atoms with Crippen LogP contribution in [0.4, 0.5) is 11.6 Å². The molecule has 0 atom stereocenters. The van der Waals surface area contributed by atoms with E-state index in [1.165, 1.54) is 0 Å². The lowest BCUT2D eigenvalue weighted by atomic mass is 10.2. The van der Waals surface area contributed by atoms with Crippen molar-refractivity contribution in [3.63, 3.8) is 0 Å². The second-order valence-electron chi connectivity index (χ2n) is 4.74. The molecule has 0 unspecified atom stereocenters. The number of aromatic amines is 2. The van der Waals surface area contributed by atoms with Crippen LogP contribution in [0, 0.1) is 0 Å². The number of halogens is 2. The van der Waals surface area contributed by atoms with Crippen molar-refractivity contribution in [1.29, 1.82) is 0 Å². The first kappa shape index (κ1) is 12.9. The highest BCUT2D eigenvalue weighted by Crippen LogP contribution is 2.29. The molecular formula is C15H10Br2N4. The van der Waals surface area contributed by atoms with Crippen molar-refractivity contribution in [1.82, 2.24) is 15.0 Å². The monoisotopic (exact) mass is 404 g/mol. The smallest absolute Gasteiger partial charge is 0.205 e. The molecule has 0 aliphatic rings. The van der Waals surface area contributed by atoms with Crippen LogP contribution in [0.5, 0.6) is 0 Å². The van der Waals surface area contributed by atoms with E-state index in [1.54, 1.807) is 0 Å². The summed E-state index contributed by atoms with van der Waals surface area (Å²) in [6.45, 7) is 0. The summed E-state index contributed by atoms with van der Waals surface area (Å²) in [5.41, 5.74) is 3.98. The molecule has 6 heteroatoms. The van der Waals surface area contributed by atoms with E-state index in [9.17, 15) is 0 Å². The van der Waals surface area contributed by atoms with Gasteiger partial charge in [-0.2, -0.15) is 0 Å². The first-order chi connectivity index (χ1) is 10.2. The van der Waals surface area contributed by atoms with Crippen LogP contribution in [-0.2, 0) is 0 Å². The molecule has 0 aliphatic carbocycles. The van der Waals surface area contributed by atoms with E-state index in [0.717, 1.165) is 42.5 Å². The fourth-order valence-corrected chi connectivity index (χ4v) is 3.20. The zero-order valence-corrected chi connectivity index (χ0v) is 13.9. The topological polar surface area (TPSA) is 56.5 Å². The Morgan fingerprint density at radius 1 is 1.05 bits per heavy atom. The summed E-state index contributed by atoms with van der Waals surface area (Å²) in [6.07, 6.45) is 1.94. The molecule has 4 aromatic rings. The van der Waals surface area contributed by atoms with E-state index in [-0.39, 0.29) is 0 Å². The Morgan fingerprint density at radius 2 is 1.95 bits per heavy atom. The molecule has 0 saturated heterocycles. The lowest BCUT2D eigenvalue weighted by molar-refractivity contribution is 1.31. The third kappa shape index (κ3) is 2.24. The molecule has 0 saturated carbocycles. The lowest BCUT2D eigenvalue weighted by Gasteiger charge is -2.00. The fraction of sp³-hybridized carbons (Fsp3) is 0. The largest absolute Gasteiger partial charge is 0.359 e.